The zero-order valence-corrected chi connectivity index (χ0v) is 17.2. The van der Waals surface area contributed by atoms with Crippen molar-refractivity contribution in [2.24, 2.45) is 0 Å². The zero-order chi connectivity index (χ0) is 20.2. The highest BCUT2D eigenvalue weighted by atomic mass is 79.9. The van der Waals surface area contributed by atoms with E-state index in [-0.39, 0.29) is 5.91 Å². The van der Waals surface area contributed by atoms with Crippen LogP contribution in [0.4, 0.5) is 5.69 Å². The van der Waals surface area contributed by atoms with Gasteiger partial charge in [0.05, 0.1) is 16.9 Å². The molecule has 2 aromatic heterocycles. The van der Waals surface area contributed by atoms with E-state index in [1.165, 1.54) is 0 Å². The lowest BCUT2D eigenvalue weighted by Gasteiger charge is -2.12. The van der Waals surface area contributed by atoms with E-state index in [1.54, 1.807) is 18.6 Å². The van der Waals surface area contributed by atoms with Crippen LogP contribution in [0, 0.1) is 6.92 Å². The normalized spacial score (nSPS) is 10.6. The van der Waals surface area contributed by atoms with Crippen LogP contribution in [0.1, 0.15) is 15.9 Å². The molecule has 0 radical (unpaired) electrons. The molecule has 142 valence electrons. The molecule has 0 aliphatic carbocycles. The van der Waals surface area contributed by atoms with Crippen LogP contribution in [0.5, 0.6) is 0 Å². The first kappa shape index (κ1) is 19.0. The van der Waals surface area contributed by atoms with E-state index in [9.17, 15) is 4.79 Å². The first-order valence-corrected chi connectivity index (χ1v) is 9.81. The molecule has 0 fully saturated rings. The van der Waals surface area contributed by atoms with Crippen molar-refractivity contribution < 1.29 is 4.79 Å². The van der Waals surface area contributed by atoms with Crippen LogP contribution in [-0.2, 0) is 0 Å². The van der Waals surface area contributed by atoms with Gasteiger partial charge in [-0.3, -0.25) is 9.78 Å². The molecule has 29 heavy (non-hydrogen) atoms. The largest absolute Gasteiger partial charge is 0.321 e. The third kappa shape index (κ3) is 4.22. The molecular weight excluding hydrogens is 428 g/mol. The minimum atomic E-state index is -0.279. The van der Waals surface area contributed by atoms with Crippen molar-refractivity contribution in [3.8, 4) is 22.6 Å². The van der Waals surface area contributed by atoms with Crippen molar-refractivity contribution in [2.75, 3.05) is 5.32 Å². The summed E-state index contributed by atoms with van der Waals surface area (Å²) in [6.45, 7) is 2.03. The van der Waals surface area contributed by atoms with E-state index in [0.717, 1.165) is 21.2 Å². The van der Waals surface area contributed by atoms with E-state index in [1.807, 2.05) is 67.6 Å². The molecule has 1 N–H and O–H groups in total. The number of halogens is 1. The average molecular weight is 445 g/mol. The average Bonchev–Trinajstić information content (AvgIpc) is 2.76. The predicted octanol–water partition coefficient (Wildman–Crippen LogP) is 5.53. The summed E-state index contributed by atoms with van der Waals surface area (Å²) in [4.78, 5) is 26.3. The highest BCUT2D eigenvalue weighted by Crippen LogP contribution is 2.27. The minimum absolute atomic E-state index is 0.279. The monoisotopic (exact) mass is 444 g/mol. The molecule has 1 amide bonds. The number of benzene rings is 2. The summed E-state index contributed by atoms with van der Waals surface area (Å²) in [6.07, 6.45) is 4.93. The lowest BCUT2D eigenvalue weighted by atomic mass is 10.1. The van der Waals surface area contributed by atoms with Gasteiger partial charge in [-0.05, 0) is 47.1 Å². The first-order valence-electron chi connectivity index (χ1n) is 9.02. The van der Waals surface area contributed by atoms with E-state index in [4.69, 9.17) is 4.98 Å². The van der Waals surface area contributed by atoms with Gasteiger partial charge in [0, 0.05) is 34.2 Å². The van der Waals surface area contributed by atoms with E-state index in [2.05, 4.69) is 31.2 Å². The second-order valence-corrected chi connectivity index (χ2v) is 7.35. The quantitative estimate of drug-likeness (QED) is 0.449. The molecule has 0 atom stereocenters. The van der Waals surface area contributed by atoms with Crippen LogP contribution in [0.3, 0.4) is 0 Å². The molecular formula is C23H17BrN4O. The molecule has 0 aliphatic rings. The number of aromatic nitrogens is 3. The van der Waals surface area contributed by atoms with Gasteiger partial charge < -0.3 is 5.32 Å². The number of rotatable bonds is 4. The van der Waals surface area contributed by atoms with E-state index >= 15 is 0 Å². The summed E-state index contributed by atoms with van der Waals surface area (Å²) in [5.41, 5.74) is 4.48. The van der Waals surface area contributed by atoms with Crippen molar-refractivity contribution in [2.45, 2.75) is 6.92 Å². The van der Waals surface area contributed by atoms with Gasteiger partial charge >= 0.3 is 0 Å². The molecule has 0 saturated carbocycles. The highest BCUT2D eigenvalue weighted by molar-refractivity contribution is 9.10. The molecule has 0 aliphatic heterocycles. The number of para-hydroxylation sites is 1. The highest BCUT2D eigenvalue weighted by Gasteiger charge is 2.18. The Labute approximate surface area is 177 Å². The maximum atomic E-state index is 13.0. The number of hydrogen-bond acceptors (Lipinski definition) is 4. The van der Waals surface area contributed by atoms with Crippen molar-refractivity contribution >= 4 is 27.5 Å². The number of anilines is 1. The number of carbonyl (C=O) groups is 1. The summed E-state index contributed by atoms with van der Waals surface area (Å²) in [5, 5.41) is 2.92. The Balaban J connectivity index is 1.78. The molecule has 4 aromatic rings. The molecule has 2 heterocycles. The Bertz CT molecular complexity index is 1160. The number of nitrogens with zero attached hydrogens (tertiary/aromatic N) is 3. The molecule has 2 aromatic carbocycles. The van der Waals surface area contributed by atoms with Crippen molar-refractivity contribution in [1.82, 2.24) is 15.0 Å². The molecule has 0 saturated heterocycles. The molecule has 5 nitrogen and oxygen atoms in total. The minimum Gasteiger partial charge on any atom is -0.321 e. The molecule has 4 rings (SSSR count). The standard InChI is InChI=1S/C23H17BrN4O/c1-15-6-8-17(9-7-15)22-26-14-18(21(28-22)16-10-12-25-13-11-16)23(29)27-20-5-3-2-4-19(20)24/h2-14H,1H3,(H,27,29). The van der Waals surface area contributed by atoms with Gasteiger partial charge in [-0.2, -0.15) is 0 Å². The lowest BCUT2D eigenvalue weighted by Crippen LogP contribution is -2.15. The van der Waals surface area contributed by atoms with Crippen molar-refractivity contribution in [1.29, 1.82) is 0 Å². The molecule has 6 heteroatoms. The third-order valence-electron chi connectivity index (χ3n) is 4.42. The Morgan fingerprint density at radius 3 is 2.38 bits per heavy atom. The van der Waals surface area contributed by atoms with Crippen molar-refractivity contribution in [3.05, 3.63) is 94.9 Å². The number of aryl methyl sites for hydroxylation is 1. The van der Waals surface area contributed by atoms with Gasteiger partial charge in [0.2, 0.25) is 0 Å². The first-order chi connectivity index (χ1) is 14.1. The Hall–Kier alpha value is -3.38. The number of hydrogen-bond donors (Lipinski definition) is 1. The van der Waals surface area contributed by atoms with Gasteiger partial charge in [-0.1, -0.05) is 42.0 Å². The number of amides is 1. The Morgan fingerprint density at radius 1 is 0.931 bits per heavy atom. The van der Waals surface area contributed by atoms with Gasteiger partial charge in [-0.15, -0.1) is 0 Å². The second kappa shape index (κ2) is 8.32. The Kier molecular flexibility index (Phi) is 5.44. The topological polar surface area (TPSA) is 67.8 Å². The summed E-state index contributed by atoms with van der Waals surface area (Å²) >= 11 is 3.45. The fraction of sp³-hybridized carbons (Fsp3) is 0.0435. The van der Waals surface area contributed by atoms with E-state index in [0.29, 0.717) is 22.8 Å². The third-order valence-corrected chi connectivity index (χ3v) is 5.11. The summed E-state index contributed by atoms with van der Waals surface area (Å²) in [6, 6.07) is 19.1. The summed E-state index contributed by atoms with van der Waals surface area (Å²) in [7, 11) is 0. The number of carbonyl (C=O) groups excluding carboxylic acids is 1. The maximum absolute atomic E-state index is 13.0. The van der Waals surface area contributed by atoms with Crippen LogP contribution in [0.15, 0.2) is 83.7 Å². The second-order valence-electron chi connectivity index (χ2n) is 6.49. The van der Waals surface area contributed by atoms with Crippen molar-refractivity contribution in [3.63, 3.8) is 0 Å². The fourth-order valence-electron chi connectivity index (χ4n) is 2.87. The number of nitrogens with one attached hydrogen (secondary N) is 1. The molecule has 0 spiro atoms. The number of pyridine rings is 1. The van der Waals surface area contributed by atoms with E-state index < -0.39 is 0 Å². The smallest absolute Gasteiger partial charge is 0.259 e. The van der Waals surface area contributed by atoms with Gasteiger partial charge in [0.25, 0.3) is 5.91 Å². The lowest BCUT2D eigenvalue weighted by molar-refractivity contribution is 0.102. The predicted molar refractivity (Wildman–Crippen MR) is 118 cm³/mol. The maximum Gasteiger partial charge on any atom is 0.259 e. The van der Waals surface area contributed by atoms with Crippen LogP contribution in [0.2, 0.25) is 0 Å². The van der Waals surface area contributed by atoms with Crippen LogP contribution < -0.4 is 5.32 Å². The van der Waals surface area contributed by atoms with Crippen LogP contribution in [-0.4, -0.2) is 20.9 Å². The van der Waals surface area contributed by atoms with Crippen LogP contribution >= 0.6 is 15.9 Å². The van der Waals surface area contributed by atoms with Gasteiger partial charge in [-0.25, -0.2) is 9.97 Å². The zero-order valence-electron chi connectivity index (χ0n) is 15.6. The SMILES string of the molecule is Cc1ccc(-c2ncc(C(=O)Nc3ccccc3Br)c(-c3ccncc3)n2)cc1. The molecule has 0 unspecified atom stereocenters. The molecule has 0 bridgehead atoms. The van der Waals surface area contributed by atoms with Gasteiger partial charge in [0.15, 0.2) is 5.82 Å². The summed E-state index contributed by atoms with van der Waals surface area (Å²) < 4.78 is 0.802. The fourth-order valence-corrected chi connectivity index (χ4v) is 3.26. The Morgan fingerprint density at radius 2 is 1.66 bits per heavy atom. The van der Waals surface area contributed by atoms with Crippen LogP contribution in [0.25, 0.3) is 22.6 Å². The van der Waals surface area contributed by atoms with Gasteiger partial charge in [0.1, 0.15) is 0 Å². The summed E-state index contributed by atoms with van der Waals surface area (Å²) in [5.74, 6) is 0.286.